The molecule has 0 spiro atoms. The van der Waals surface area contributed by atoms with E-state index in [4.69, 9.17) is 4.42 Å². The smallest absolute Gasteiger partial charge is 0.135 e. The van der Waals surface area contributed by atoms with E-state index in [9.17, 15) is 0 Å². The molecule has 2 aromatic rings. The first-order valence-corrected chi connectivity index (χ1v) is 5.60. The van der Waals surface area contributed by atoms with Crippen LogP contribution < -0.4 is 5.32 Å². The summed E-state index contributed by atoms with van der Waals surface area (Å²) >= 11 is 0. The van der Waals surface area contributed by atoms with E-state index >= 15 is 0 Å². The van der Waals surface area contributed by atoms with Crippen LogP contribution in [0.4, 0.5) is 0 Å². The number of hydrogen-bond donors (Lipinski definition) is 1. The van der Waals surface area contributed by atoms with Gasteiger partial charge >= 0.3 is 0 Å². The van der Waals surface area contributed by atoms with Gasteiger partial charge in [0, 0.05) is 18.0 Å². The number of rotatable bonds is 5. The van der Waals surface area contributed by atoms with Crippen molar-refractivity contribution >= 4 is 12.4 Å². The molecule has 92 valence electrons. The van der Waals surface area contributed by atoms with Gasteiger partial charge in [-0.3, -0.25) is 4.98 Å². The van der Waals surface area contributed by atoms with Crippen LogP contribution in [0.1, 0.15) is 19.1 Å². The Morgan fingerprint density at radius 2 is 2.18 bits per heavy atom. The van der Waals surface area contributed by atoms with Crippen LogP contribution in [0.2, 0.25) is 0 Å². The lowest BCUT2D eigenvalue weighted by atomic mass is 10.2. The fourth-order valence-electron chi connectivity index (χ4n) is 1.52. The van der Waals surface area contributed by atoms with Gasteiger partial charge in [0.05, 0.1) is 6.54 Å². The monoisotopic (exact) mass is 252 g/mol. The molecule has 0 unspecified atom stereocenters. The second-order valence-electron chi connectivity index (χ2n) is 3.68. The fourth-order valence-corrected chi connectivity index (χ4v) is 1.52. The summed E-state index contributed by atoms with van der Waals surface area (Å²) in [5.41, 5.74) is 1.02. The third-order valence-corrected chi connectivity index (χ3v) is 2.33. The Hall–Kier alpha value is -1.32. The quantitative estimate of drug-likeness (QED) is 0.830. The molecule has 4 heteroatoms. The highest BCUT2D eigenvalue weighted by Crippen LogP contribution is 2.20. The fraction of sp³-hybridized carbons (Fsp3) is 0.308. The zero-order valence-electron chi connectivity index (χ0n) is 9.85. The second kappa shape index (κ2) is 7.09. The Kier molecular flexibility index (Phi) is 5.73. The minimum Gasteiger partial charge on any atom is -0.460 e. The number of furan rings is 1. The van der Waals surface area contributed by atoms with Gasteiger partial charge in [-0.2, -0.15) is 0 Å². The predicted octanol–water partition coefficient (Wildman–Crippen LogP) is 3.26. The van der Waals surface area contributed by atoms with E-state index in [1.54, 1.807) is 6.20 Å². The Bertz CT molecular complexity index is 428. The van der Waals surface area contributed by atoms with Crippen molar-refractivity contribution in [3.05, 3.63) is 42.4 Å². The zero-order chi connectivity index (χ0) is 11.2. The first-order valence-electron chi connectivity index (χ1n) is 5.60. The standard InChI is InChI=1S/C13H16N2O.ClH/c1-2-7-14-10-12-5-6-13(16-12)11-4-3-8-15-9-11;/h3-6,8-9,14H,2,7,10H2,1H3;1H. The average molecular weight is 253 g/mol. The first-order chi connectivity index (χ1) is 7.90. The normalized spacial score (nSPS) is 9.94. The summed E-state index contributed by atoms with van der Waals surface area (Å²) in [7, 11) is 0. The minimum atomic E-state index is 0. The SMILES string of the molecule is CCCNCc1ccc(-c2cccnc2)o1.Cl. The maximum absolute atomic E-state index is 5.71. The number of halogens is 1. The maximum Gasteiger partial charge on any atom is 0.135 e. The van der Waals surface area contributed by atoms with Gasteiger partial charge in [0.2, 0.25) is 0 Å². The molecule has 0 aliphatic heterocycles. The number of nitrogens with one attached hydrogen (secondary N) is 1. The topological polar surface area (TPSA) is 38.1 Å². The summed E-state index contributed by atoms with van der Waals surface area (Å²) in [5.74, 6) is 1.84. The molecule has 0 bridgehead atoms. The minimum absolute atomic E-state index is 0. The zero-order valence-corrected chi connectivity index (χ0v) is 10.7. The van der Waals surface area contributed by atoms with Crippen molar-refractivity contribution in [2.75, 3.05) is 6.54 Å². The van der Waals surface area contributed by atoms with Crippen molar-refractivity contribution in [3.8, 4) is 11.3 Å². The van der Waals surface area contributed by atoms with Gasteiger partial charge in [0.1, 0.15) is 11.5 Å². The van der Waals surface area contributed by atoms with Crippen LogP contribution in [0.15, 0.2) is 41.1 Å². The summed E-state index contributed by atoms with van der Waals surface area (Å²) in [6, 6.07) is 7.90. The second-order valence-corrected chi connectivity index (χ2v) is 3.68. The Labute approximate surface area is 108 Å². The molecule has 0 amide bonds. The molecule has 0 saturated carbocycles. The molecular weight excluding hydrogens is 236 g/mol. The molecule has 0 aliphatic carbocycles. The summed E-state index contributed by atoms with van der Waals surface area (Å²) < 4.78 is 5.71. The molecular formula is C13H17ClN2O. The van der Waals surface area contributed by atoms with E-state index < -0.39 is 0 Å². The molecule has 2 rings (SSSR count). The molecule has 17 heavy (non-hydrogen) atoms. The molecule has 0 radical (unpaired) electrons. The van der Waals surface area contributed by atoms with E-state index in [2.05, 4.69) is 17.2 Å². The van der Waals surface area contributed by atoms with Crippen LogP contribution in [0, 0.1) is 0 Å². The number of hydrogen-bond acceptors (Lipinski definition) is 3. The first kappa shape index (κ1) is 13.7. The highest BCUT2D eigenvalue weighted by molar-refractivity contribution is 5.85. The molecule has 0 aromatic carbocycles. The van der Waals surface area contributed by atoms with Gasteiger partial charge in [-0.1, -0.05) is 6.92 Å². The largest absolute Gasteiger partial charge is 0.460 e. The molecule has 3 nitrogen and oxygen atoms in total. The number of aromatic nitrogens is 1. The third kappa shape index (κ3) is 3.88. The van der Waals surface area contributed by atoms with Crippen LogP contribution in [0.25, 0.3) is 11.3 Å². The lowest BCUT2D eigenvalue weighted by Crippen LogP contribution is -2.12. The maximum atomic E-state index is 5.71. The Balaban J connectivity index is 0.00000144. The Morgan fingerprint density at radius 1 is 1.29 bits per heavy atom. The molecule has 2 aromatic heterocycles. The van der Waals surface area contributed by atoms with Crippen LogP contribution in [0.3, 0.4) is 0 Å². The summed E-state index contributed by atoms with van der Waals surface area (Å²) in [5, 5.41) is 3.31. The van der Waals surface area contributed by atoms with Gasteiger partial charge < -0.3 is 9.73 Å². The van der Waals surface area contributed by atoms with Gasteiger partial charge in [-0.25, -0.2) is 0 Å². The van der Waals surface area contributed by atoms with Crippen LogP contribution in [-0.4, -0.2) is 11.5 Å². The molecule has 0 aliphatic rings. The van der Waals surface area contributed by atoms with E-state index in [0.29, 0.717) is 0 Å². The van der Waals surface area contributed by atoms with E-state index in [1.165, 1.54) is 0 Å². The summed E-state index contributed by atoms with van der Waals surface area (Å²) in [4.78, 5) is 4.07. The summed E-state index contributed by atoms with van der Waals surface area (Å²) in [6.07, 6.45) is 4.70. The summed E-state index contributed by atoms with van der Waals surface area (Å²) in [6.45, 7) is 3.95. The van der Waals surface area contributed by atoms with E-state index in [0.717, 1.165) is 36.6 Å². The average Bonchev–Trinajstić information content (AvgIpc) is 2.79. The lowest BCUT2D eigenvalue weighted by Gasteiger charge is -1.99. The number of pyridine rings is 1. The molecule has 0 fully saturated rings. The predicted molar refractivity (Wildman–Crippen MR) is 71.2 cm³/mol. The molecule has 1 N–H and O–H groups in total. The number of nitrogens with zero attached hydrogens (tertiary/aromatic N) is 1. The van der Waals surface area contributed by atoms with Crippen molar-refractivity contribution < 1.29 is 4.42 Å². The van der Waals surface area contributed by atoms with Crippen molar-refractivity contribution in [2.45, 2.75) is 19.9 Å². The Morgan fingerprint density at radius 3 is 2.88 bits per heavy atom. The van der Waals surface area contributed by atoms with Crippen molar-refractivity contribution in [1.29, 1.82) is 0 Å². The van der Waals surface area contributed by atoms with Gasteiger partial charge in [-0.15, -0.1) is 12.4 Å². The van der Waals surface area contributed by atoms with Crippen molar-refractivity contribution in [3.63, 3.8) is 0 Å². The lowest BCUT2D eigenvalue weighted by molar-refractivity contribution is 0.493. The van der Waals surface area contributed by atoms with Gasteiger partial charge in [0.15, 0.2) is 0 Å². The highest BCUT2D eigenvalue weighted by atomic mass is 35.5. The molecule has 0 atom stereocenters. The molecule has 2 heterocycles. The van der Waals surface area contributed by atoms with Crippen LogP contribution in [-0.2, 0) is 6.54 Å². The van der Waals surface area contributed by atoms with Gasteiger partial charge in [-0.05, 0) is 37.2 Å². The van der Waals surface area contributed by atoms with E-state index in [1.807, 2.05) is 30.5 Å². The highest BCUT2D eigenvalue weighted by Gasteiger charge is 2.03. The van der Waals surface area contributed by atoms with E-state index in [-0.39, 0.29) is 12.4 Å². The van der Waals surface area contributed by atoms with Crippen molar-refractivity contribution in [2.24, 2.45) is 0 Å². The third-order valence-electron chi connectivity index (χ3n) is 2.33. The molecule has 0 saturated heterocycles. The van der Waals surface area contributed by atoms with Crippen LogP contribution in [0.5, 0.6) is 0 Å². The van der Waals surface area contributed by atoms with Crippen molar-refractivity contribution in [1.82, 2.24) is 10.3 Å². The van der Waals surface area contributed by atoms with Gasteiger partial charge in [0.25, 0.3) is 0 Å². The van der Waals surface area contributed by atoms with Crippen LogP contribution >= 0.6 is 12.4 Å².